The molecule has 0 radical (unpaired) electrons. The number of nitrogens with zero attached hydrogens (tertiary/aromatic N) is 1. The molecule has 2 heteroatoms. The third-order valence-electron chi connectivity index (χ3n) is 3.52. The molecule has 1 N–H and O–H groups in total. The number of rotatable bonds is 10. The molecular formula is C14H32N2. The Labute approximate surface area is 103 Å². The summed E-state index contributed by atoms with van der Waals surface area (Å²) in [5.74, 6) is 0. The van der Waals surface area contributed by atoms with Crippen molar-refractivity contribution < 1.29 is 0 Å². The Morgan fingerprint density at radius 2 is 1.56 bits per heavy atom. The van der Waals surface area contributed by atoms with Crippen molar-refractivity contribution in [3.63, 3.8) is 0 Å². The molecule has 1 unspecified atom stereocenters. The van der Waals surface area contributed by atoms with Crippen LogP contribution in [-0.2, 0) is 0 Å². The molecule has 0 bridgehead atoms. The standard InChI is InChI=1S/C14H32N2/c1-6-10-14(12-15-11-7-2)16(5)13(8-3)9-4/h13-15H,6-12H2,1-5H3. The Kier molecular flexibility index (Phi) is 10.0. The van der Waals surface area contributed by atoms with E-state index in [2.05, 4.69) is 45.0 Å². The van der Waals surface area contributed by atoms with Crippen LogP contribution in [-0.4, -0.2) is 37.1 Å². The third kappa shape index (κ3) is 5.86. The van der Waals surface area contributed by atoms with Gasteiger partial charge in [-0.25, -0.2) is 0 Å². The van der Waals surface area contributed by atoms with Crippen molar-refractivity contribution in [2.45, 2.75) is 71.9 Å². The summed E-state index contributed by atoms with van der Waals surface area (Å²) in [6.45, 7) is 11.4. The first-order valence-electron chi connectivity index (χ1n) is 7.13. The Hall–Kier alpha value is -0.0800. The summed E-state index contributed by atoms with van der Waals surface area (Å²) in [5.41, 5.74) is 0. The summed E-state index contributed by atoms with van der Waals surface area (Å²) in [7, 11) is 2.30. The van der Waals surface area contributed by atoms with Crippen molar-refractivity contribution in [1.29, 1.82) is 0 Å². The Morgan fingerprint density at radius 1 is 0.938 bits per heavy atom. The van der Waals surface area contributed by atoms with Gasteiger partial charge < -0.3 is 5.32 Å². The lowest BCUT2D eigenvalue weighted by Crippen LogP contribution is -2.45. The zero-order valence-corrected chi connectivity index (χ0v) is 12.1. The second-order valence-electron chi connectivity index (χ2n) is 4.78. The van der Waals surface area contributed by atoms with Crippen LogP contribution < -0.4 is 5.32 Å². The van der Waals surface area contributed by atoms with Gasteiger partial charge in [0.25, 0.3) is 0 Å². The average molecular weight is 228 g/mol. The van der Waals surface area contributed by atoms with Crippen LogP contribution in [0.15, 0.2) is 0 Å². The summed E-state index contributed by atoms with van der Waals surface area (Å²) >= 11 is 0. The highest BCUT2D eigenvalue weighted by Gasteiger charge is 2.19. The minimum absolute atomic E-state index is 0.710. The first-order valence-corrected chi connectivity index (χ1v) is 7.13. The van der Waals surface area contributed by atoms with E-state index in [4.69, 9.17) is 0 Å². The molecule has 0 aromatic carbocycles. The fourth-order valence-corrected chi connectivity index (χ4v) is 2.39. The van der Waals surface area contributed by atoms with E-state index in [1.54, 1.807) is 0 Å². The van der Waals surface area contributed by atoms with Crippen LogP contribution in [0.1, 0.15) is 59.8 Å². The van der Waals surface area contributed by atoms with Crippen LogP contribution in [0.5, 0.6) is 0 Å². The lowest BCUT2D eigenvalue weighted by Gasteiger charge is -2.34. The Balaban J connectivity index is 4.14. The Morgan fingerprint density at radius 3 is 2.00 bits per heavy atom. The number of hydrogen-bond acceptors (Lipinski definition) is 2. The maximum absolute atomic E-state index is 3.56. The van der Waals surface area contributed by atoms with Crippen molar-refractivity contribution >= 4 is 0 Å². The van der Waals surface area contributed by atoms with Gasteiger partial charge in [0.1, 0.15) is 0 Å². The van der Waals surface area contributed by atoms with Crippen LogP contribution in [0, 0.1) is 0 Å². The van der Waals surface area contributed by atoms with Gasteiger partial charge in [-0.15, -0.1) is 0 Å². The SMILES string of the molecule is CCCNCC(CCC)N(C)C(CC)CC. The molecule has 0 saturated heterocycles. The first-order chi connectivity index (χ1) is 7.71. The summed E-state index contributed by atoms with van der Waals surface area (Å²) in [5, 5.41) is 3.56. The second kappa shape index (κ2) is 10.1. The topological polar surface area (TPSA) is 15.3 Å². The highest BCUT2D eigenvalue weighted by atomic mass is 15.2. The van der Waals surface area contributed by atoms with Crippen LogP contribution in [0.4, 0.5) is 0 Å². The minimum atomic E-state index is 0.710. The molecule has 0 rings (SSSR count). The molecule has 0 aliphatic rings. The van der Waals surface area contributed by atoms with E-state index >= 15 is 0 Å². The number of hydrogen-bond donors (Lipinski definition) is 1. The van der Waals surface area contributed by atoms with Crippen molar-refractivity contribution in [1.82, 2.24) is 10.2 Å². The van der Waals surface area contributed by atoms with E-state index in [1.165, 1.54) is 32.1 Å². The predicted octanol–water partition coefficient (Wildman–Crippen LogP) is 3.28. The molecule has 0 heterocycles. The molecule has 0 amide bonds. The van der Waals surface area contributed by atoms with E-state index in [1.807, 2.05) is 0 Å². The molecule has 0 aromatic rings. The van der Waals surface area contributed by atoms with Crippen LogP contribution in [0.3, 0.4) is 0 Å². The van der Waals surface area contributed by atoms with Gasteiger partial charge in [0.05, 0.1) is 0 Å². The highest BCUT2D eigenvalue weighted by Crippen LogP contribution is 2.13. The monoisotopic (exact) mass is 228 g/mol. The minimum Gasteiger partial charge on any atom is -0.315 e. The Bertz CT molecular complexity index is 144. The zero-order valence-electron chi connectivity index (χ0n) is 12.1. The van der Waals surface area contributed by atoms with Gasteiger partial charge in [-0.05, 0) is 39.3 Å². The average Bonchev–Trinajstić information content (AvgIpc) is 2.29. The largest absolute Gasteiger partial charge is 0.315 e. The normalized spacial score (nSPS) is 13.7. The molecule has 2 nitrogen and oxygen atoms in total. The molecule has 0 fully saturated rings. The summed E-state index contributed by atoms with van der Waals surface area (Å²) in [6, 6.07) is 1.46. The summed E-state index contributed by atoms with van der Waals surface area (Å²) in [4.78, 5) is 2.59. The van der Waals surface area contributed by atoms with Gasteiger partial charge in [0, 0.05) is 18.6 Å². The third-order valence-corrected chi connectivity index (χ3v) is 3.52. The zero-order chi connectivity index (χ0) is 12.4. The molecule has 16 heavy (non-hydrogen) atoms. The van der Waals surface area contributed by atoms with Crippen LogP contribution >= 0.6 is 0 Å². The van der Waals surface area contributed by atoms with E-state index in [0.717, 1.165) is 19.1 Å². The highest BCUT2D eigenvalue weighted by molar-refractivity contribution is 4.76. The van der Waals surface area contributed by atoms with Gasteiger partial charge in [-0.2, -0.15) is 0 Å². The molecule has 0 aromatic heterocycles. The summed E-state index contributed by atoms with van der Waals surface area (Å²) in [6.07, 6.45) is 6.35. The molecule has 1 atom stereocenters. The van der Waals surface area contributed by atoms with Gasteiger partial charge in [-0.1, -0.05) is 34.1 Å². The predicted molar refractivity (Wildman–Crippen MR) is 74.0 cm³/mol. The lowest BCUT2D eigenvalue weighted by molar-refractivity contribution is 0.152. The molecule has 0 saturated carbocycles. The lowest BCUT2D eigenvalue weighted by atomic mass is 10.0. The maximum atomic E-state index is 3.56. The van der Waals surface area contributed by atoms with E-state index in [0.29, 0.717) is 6.04 Å². The molecule has 98 valence electrons. The smallest absolute Gasteiger partial charge is 0.0220 e. The number of nitrogens with one attached hydrogen (secondary N) is 1. The summed E-state index contributed by atoms with van der Waals surface area (Å²) < 4.78 is 0. The van der Waals surface area contributed by atoms with E-state index in [9.17, 15) is 0 Å². The van der Waals surface area contributed by atoms with Gasteiger partial charge in [0.2, 0.25) is 0 Å². The van der Waals surface area contributed by atoms with Gasteiger partial charge in [0.15, 0.2) is 0 Å². The molecule has 0 aliphatic carbocycles. The van der Waals surface area contributed by atoms with E-state index in [-0.39, 0.29) is 0 Å². The fraction of sp³-hybridized carbons (Fsp3) is 1.00. The van der Waals surface area contributed by atoms with Crippen molar-refractivity contribution in [2.24, 2.45) is 0 Å². The molecule has 0 aliphatic heterocycles. The van der Waals surface area contributed by atoms with Crippen molar-refractivity contribution in [3.8, 4) is 0 Å². The van der Waals surface area contributed by atoms with Crippen LogP contribution in [0.2, 0.25) is 0 Å². The fourth-order valence-electron chi connectivity index (χ4n) is 2.39. The van der Waals surface area contributed by atoms with E-state index < -0.39 is 0 Å². The van der Waals surface area contributed by atoms with Crippen molar-refractivity contribution in [2.75, 3.05) is 20.1 Å². The van der Waals surface area contributed by atoms with Gasteiger partial charge in [-0.3, -0.25) is 4.90 Å². The molecule has 0 spiro atoms. The second-order valence-corrected chi connectivity index (χ2v) is 4.78. The van der Waals surface area contributed by atoms with Gasteiger partial charge >= 0.3 is 0 Å². The van der Waals surface area contributed by atoms with Crippen LogP contribution in [0.25, 0.3) is 0 Å². The first kappa shape index (κ1) is 15.9. The van der Waals surface area contributed by atoms with Crippen molar-refractivity contribution in [3.05, 3.63) is 0 Å². The maximum Gasteiger partial charge on any atom is 0.0220 e. The number of likely N-dealkylation sites (N-methyl/N-ethyl adjacent to an activating group) is 1. The molecular weight excluding hydrogens is 196 g/mol. The quantitative estimate of drug-likeness (QED) is 0.577.